The number of rotatable bonds is 1. The van der Waals surface area contributed by atoms with Crippen molar-refractivity contribution in [2.45, 2.75) is 25.2 Å². The van der Waals surface area contributed by atoms with Gasteiger partial charge >= 0.3 is 0 Å². The van der Waals surface area contributed by atoms with Crippen LogP contribution in [-0.4, -0.2) is 9.55 Å². The normalized spacial score (nSPS) is 37.1. The van der Waals surface area contributed by atoms with E-state index in [1.54, 1.807) is 0 Å². The summed E-state index contributed by atoms with van der Waals surface area (Å²) in [6.07, 6.45) is 4.38. The van der Waals surface area contributed by atoms with E-state index in [1.807, 2.05) is 18.2 Å². The van der Waals surface area contributed by atoms with E-state index in [2.05, 4.69) is 17.7 Å². The molecule has 2 bridgehead atoms. The van der Waals surface area contributed by atoms with Crippen LogP contribution in [0.15, 0.2) is 18.2 Å². The van der Waals surface area contributed by atoms with Gasteiger partial charge in [-0.25, -0.2) is 4.98 Å². The average molecular weight is 263 g/mol. The molecule has 0 aliphatic heterocycles. The van der Waals surface area contributed by atoms with E-state index < -0.39 is 0 Å². The van der Waals surface area contributed by atoms with E-state index in [-0.39, 0.29) is 0 Å². The molecule has 3 aliphatic rings. The van der Waals surface area contributed by atoms with Gasteiger partial charge in [-0.15, -0.1) is 0 Å². The summed E-state index contributed by atoms with van der Waals surface area (Å²) in [6.45, 7) is 0. The molecule has 4 atom stereocenters. The number of benzene rings is 1. The Kier molecular flexibility index (Phi) is 1.87. The molecule has 1 aromatic carbocycles. The first kappa shape index (κ1) is 10.9. The molecule has 2 aromatic rings. The molecule has 3 saturated carbocycles. The molecule has 0 spiro atoms. The molecule has 100 valence electrons. The first-order chi connectivity index (χ1) is 9.78. The second kappa shape index (κ2) is 3.44. The number of fused-ring (bicyclic) bond motifs is 6. The highest BCUT2D eigenvalue weighted by atomic mass is 15.1. The summed E-state index contributed by atoms with van der Waals surface area (Å²) < 4.78 is 2.23. The third-order valence-electron chi connectivity index (χ3n) is 6.08. The maximum Gasteiger partial charge on any atom is 0.113 e. The Morgan fingerprint density at radius 3 is 2.70 bits per heavy atom. The van der Waals surface area contributed by atoms with Crippen LogP contribution < -0.4 is 0 Å². The van der Waals surface area contributed by atoms with E-state index in [4.69, 9.17) is 10.2 Å². The highest BCUT2D eigenvalue weighted by molar-refractivity contribution is 5.78. The number of aryl methyl sites for hydroxylation is 1. The van der Waals surface area contributed by atoms with Crippen LogP contribution in [0.1, 0.15) is 36.6 Å². The summed E-state index contributed by atoms with van der Waals surface area (Å²) in [6, 6.07) is 8.06. The molecule has 3 nitrogen and oxygen atoms in total. The molecule has 5 rings (SSSR count). The Morgan fingerprint density at radius 1 is 1.25 bits per heavy atom. The summed E-state index contributed by atoms with van der Waals surface area (Å²) in [5.41, 5.74) is 2.87. The van der Waals surface area contributed by atoms with Crippen molar-refractivity contribution < 1.29 is 0 Å². The van der Waals surface area contributed by atoms with Crippen molar-refractivity contribution in [2.24, 2.45) is 30.7 Å². The molecule has 3 fully saturated rings. The molecular formula is C17H17N3. The van der Waals surface area contributed by atoms with Crippen molar-refractivity contribution in [2.75, 3.05) is 0 Å². The molecule has 20 heavy (non-hydrogen) atoms. The maximum absolute atomic E-state index is 9.05. The Bertz CT molecular complexity index is 750. The lowest BCUT2D eigenvalue weighted by Gasteiger charge is -2.08. The fraction of sp³-hybridized carbons (Fsp3) is 0.529. The predicted molar refractivity (Wildman–Crippen MR) is 76.0 cm³/mol. The molecule has 0 amide bonds. The number of imidazole rings is 1. The van der Waals surface area contributed by atoms with Gasteiger partial charge < -0.3 is 4.57 Å². The largest absolute Gasteiger partial charge is 0.331 e. The molecule has 3 heteroatoms. The number of nitrogens with zero attached hydrogens (tertiary/aromatic N) is 3. The fourth-order valence-electron chi connectivity index (χ4n) is 5.25. The van der Waals surface area contributed by atoms with E-state index in [1.165, 1.54) is 25.1 Å². The smallest absolute Gasteiger partial charge is 0.113 e. The Morgan fingerprint density at radius 2 is 2.00 bits per heavy atom. The molecule has 0 saturated heterocycles. The highest BCUT2D eigenvalue weighted by Crippen LogP contribution is 2.72. The SMILES string of the molecule is Cn1c(C2C3C4CCC(C4)C23)nc2ccc(C#N)cc21. The first-order valence-electron chi connectivity index (χ1n) is 7.64. The predicted octanol–water partition coefficient (Wildman–Crippen LogP) is 3.20. The highest BCUT2D eigenvalue weighted by Gasteiger charge is 2.66. The van der Waals surface area contributed by atoms with E-state index >= 15 is 0 Å². The summed E-state index contributed by atoms with van der Waals surface area (Å²) in [5, 5.41) is 9.05. The summed E-state index contributed by atoms with van der Waals surface area (Å²) >= 11 is 0. The number of hydrogen-bond donors (Lipinski definition) is 0. The molecule has 1 heterocycles. The van der Waals surface area contributed by atoms with Crippen LogP contribution in [0.5, 0.6) is 0 Å². The van der Waals surface area contributed by atoms with Crippen LogP contribution in [0, 0.1) is 35.0 Å². The van der Waals surface area contributed by atoms with Gasteiger partial charge in [-0.2, -0.15) is 5.26 Å². The molecule has 3 aliphatic carbocycles. The van der Waals surface area contributed by atoms with Gasteiger partial charge in [0.05, 0.1) is 22.7 Å². The van der Waals surface area contributed by atoms with Crippen LogP contribution in [0.3, 0.4) is 0 Å². The maximum atomic E-state index is 9.05. The zero-order valence-corrected chi connectivity index (χ0v) is 11.6. The van der Waals surface area contributed by atoms with Gasteiger partial charge in [0.15, 0.2) is 0 Å². The van der Waals surface area contributed by atoms with Crippen LogP contribution in [-0.2, 0) is 7.05 Å². The van der Waals surface area contributed by atoms with Gasteiger partial charge in [-0.05, 0) is 61.1 Å². The lowest BCUT2D eigenvalue weighted by Crippen LogP contribution is -2.03. The quantitative estimate of drug-likeness (QED) is 0.792. The van der Waals surface area contributed by atoms with Crippen LogP contribution >= 0.6 is 0 Å². The third-order valence-corrected chi connectivity index (χ3v) is 6.08. The van der Waals surface area contributed by atoms with Gasteiger partial charge in [0.2, 0.25) is 0 Å². The molecule has 1 aromatic heterocycles. The number of aromatic nitrogens is 2. The average Bonchev–Trinajstić information content (AvgIpc) is 2.80. The Labute approximate surface area is 118 Å². The lowest BCUT2D eigenvalue weighted by molar-refractivity contribution is 0.456. The van der Waals surface area contributed by atoms with Crippen molar-refractivity contribution in [1.29, 1.82) is 5.26 Å². The zero-order chi connectivity index (χ0) is 13.4. The van der Waals surface area contributed by atoms with Gasteiger partial charge in [0.1, 0.15) is 5.82 Å². The second-order valence-corrected chi connectivity index (χ2v) is 6.86. The summed E-state index contributed by atoms with van der Waals surface area (Å²) in [7, 11) is 2.11. The monoisotopic (exact) mass is 263 g/mol. The third kappa shape index (κ3) is 1.18. The molecular weight excluding hydrogens is 246 g/mol. The van der Waals surface area contributed by atoms with Crippen LogP contribution in [0.4, 0.5) is 0 Å². The van der Waals surface area contributed by atoms with Gasteiger partial charge in [-0.1, -0.05) is 0 Å². The summed E-state index contributed by atoms with van der Waals surface area (Å²) in [4.78, 5) is 4.88. The van der Waals surface area contributed by atoms with Crippen molar-refractivity contribution in [3.63, 3.8) is 0 Å². The van der Waals surface area contributed by atoms with E-state index in [0.717, 1.165) is 40.3 Å². The molecule has 0 radical (unpaired) electrons. The van der Waals surface area contributed by atoms with E-state index in [0.29, 0.717) is 5.92 Å². The first-order valence-corrected chi connectivity index (χ1v) is 7.64. The van der Waals surface area contributed by atoms with Crippen molar-refractivity contribution in [1.82, 2.24) is 9.55 Å². The standard InChI is InChI=1S/C17H17N3/c1-20-13-6-9(8-18)2-5-12(13)19-17(20)16-14-10-3-4-11(7-10)15(14)16/h2,5-6,10-11,14-16H,3-4,7H2,1H3. The fourth-order valence-corrected chi connectivity index (χ4v) is 5.25. The minimum atomic E-state index is 0.698. The minimum Gasteiger partial charge on any atom is -0.331 e. The minimum absolute atomic E-state index is 0.698. The lowest BCUT2D eigenvalue weighted by atomic mass is 10.0. The molecule has 0 N–H and O–H groups in total. The van der Waals surface area contributed by atoms with Gasteiger partial charge in [-0.3, -0.25) is 0 Å². The Balaban J connectivity index is 1.61. The van der Waals surface area contributed by atoms with Gasteiger partial charge in [0, 0.05) is 13.0 Å². The second-order valence-electron chi connectivity index (χ2n) is 6.86. The van der Waals surface area contributed by atoms with Crippen molar-refractivity contribution in [3.05, 3.63) is 29.6 Å². The van der Waals surface area contributed by atoms with E-state index in [9.17, 15) is 0 Å². The van der Waals surface area contributed by atoms with Crippen LogP contribution in [0.25, 0.3) is 11.0 Å². The van der Waals surface area contributed by atoms with Gasteiger partial charge in [0.25, 0.3) is 0 Å². The Hall–Kier alpha value is -1.82. The summed E-state index contributed by atoms with van der Waals surface area (Å²) in [5.74, 6) is 5.75. The molecule has 4 unspecified atom stereocenters. The van der Waals surface area contributed by atoms with Crippen molar-refractivity contribution in [3.8, 4) is 6.07 Å². The number of nitriles is 1. The number of hydrogen-bond acceptors (Lipinski definition) is 2. The van der Waals surface area contributed by atoms with Crippen molar-refractivity contribution >= 4 is 11.0 Å². The topological polar surface area (TPSA) is 41.6 Å². The zero-order valence-electron chi connectivity index (χ0n) is 11.6. The van der Waals surface area contributed by atoms with Crippen LogP contribution in [0.2, 0.25) is 0 Å².